The van der Waals surface area contributed by atoms with E-state index in [-0.39, 0.29) is 19.3 Å². The van der Waals surface area contributed by atoms with Crippen molar-refractivity contribution in [3.8, 4) is 11.5 Å². The van der Waals surface area contributed by atoms with E-state index >= 15 is 0 Å². The number of nitrogens with zero attached hydrogens (tertiary/aromatic N) is 1. The third-order valence-electron chi connectivity index (χ3n) is 4.03. The quantitative estimate of drug-likeness (QED) is 0.783. The average molecular weight is 370 g/mol. The molecule has 3 rings (SSSR count). The number of carbonyl (C=O) groups excluding carboxylic acids is 2. The fourth-order valence-corrected chi connectivity index (χ4v) is 2.57. The molecule has 1 amide bonds. The largest absolute Gasteiger partial charge is 0.486 e. The molecule has 0 fully saturated rings. The van der Waals surface area contributed by atoms with E-state index in [4.69, 9.17) is 14.2 Å². The summed E-state index contributed by atoms with van der Waals surface area (Å²) in [5.41, 5.74) is 1.28. The van der Waals surface area contributed by atoms with Gasteiger partial charge in [-0.3, -0.25) is 4.79 Å². The number of hydrogen-bond acceptors (Lipinski definition) is 6. The van der Waals surface area contributed by atoms with Crippen LogP contribution < -0.4 is 19.7 Å². The normalized spacial score (nSPS) is 15.0. The first kappa shape index (κ1) is 18.6. The van der Waals surface area contributed by atoms with Crippen molar-refractivity contribution in [3.05, 3.63) is 54.1 Å². The molecule has 1 N–H and O–H groups in total. The molecule has 0 aromatic heterocycles. The number of para-hydroxylation sites is 2. The first-order valence-electron chi connectivity index (χ1n) is 8.62. The summed E-state index contributed by atoms with van der Waals surface area (Å²) in [5.74, 6) is 0.402. The second-order valence-electron chi connectivity index (χ2n) is 6.32. The smallest absolute Gasteiger partial charge is 0.338 e. The Hall–Kier alpha value is -3.22. The van der Waals surface area contributed by atoms with Crippen LogP contribution in [0.25, 0.3) is 0 Å². The molecule has 27 heavy (non-hydrogen) atoms. The number of ether oxygens (including phenoxy) is 3. The Bertz CT molecular complexity index is 822. The minimum Gasteiger partial charge on any atom is -0.486 e. The van der Waals surface area contributed by atoms with Crippen molar-refractivity contribution in [1.82, 2.24) is 5.32 Å². The second-order valence-corrected chi connectivity index (χ2v) is 6.32. The van der Waals surface area contributed by atoms with E-state index in [0.29, 0.717) is 23.7 Å². The lowest BCUT2D eigenvalue weighted by Gasteiger charge is -2.26. The van der Waals surface area contributed by atoms with Gasteiger partial charge in [0.15, 0.2) is 18.1 Å². The van der Waals surface area contributed by atoms with E-state index in [2.05, 4.69) is 5.32 Å². The Morgan fingerprint density at radius 3 is 2.70 bits per heavy atom. The first-order valence-corrected chi connectivity index (χ1v) is 8.62. The van der Waals surface area contributed by atoms with E-state index in [1.54, 1.807) is 18.2 Å². The van der Waals surface area contributed by atoms with Crippen LogP contribution in [0.2, 0.25) is 0 Å². The number of benzene rings is 2. The lowest BCUT2D eigenvalue weighted by atomic mass is 10.2. The van der Waals surface area contributed by atoms with Gasteiger partial charge in [0.05, 0.1) is 12.1 Å². The van der Waals surface area contributed by atoms with Crippen LogP contribution in [-0.2, 0) is 9.53 Å². The number of rotatable bonds is 6. The standard InChI is InChI=1S/C20H22N2O5/c1-22(2)15-7-5-6-14(10-15)20(24)26-13-19(23)21-11-16-12-25-17-8-3-4-9-18(17)27-16/h3-10,16H,11-13H2,1-2H3,(H,21,23). The summed E-state index contributed by atoms with van der Waals surface area (Å²) in [5, 5.41) is 2.69. The topological polar surface area (TPSA) is 77.1 Å². The van der Waals surface area contributed by atoms with Gasteiger partial charge in [-0.2, -0.15) is 0 Å². The van der Waals surface area contributed by atoms with Gasteiger partial charge in [-0.05, 0) is 30.3 Å². The molecule has 0 saturated carbocycles. The zero-order valence-corrected chi connectivity index (χ0v) is 15.3. The molecule has 7 heteroatoms. The number of anilines is 1. The van der Waals surface area contributed by atoms with Crippen LogP contribution in [0.5, 0.6) is 11.5 Å². The van der Waals surface area contributed by atoms with Crippen LogP contribution in [0.1, 0.15) is 10.4 Å². The Morgan fingerprint density at radius 2 is 1.93 bits per heavy atom. The number of nitrogens with one attached hydrogen (secondary N) is 1. The third kappa shape index (κ3) is 4.91. The minimum atomic E-state index is -0.542. The molecule has 1 aliphatic heterocycles. The number of fused-ring (bicyclic) bond motifs is 1. The maximum Gasteiger partial charge on any atom is 0.338 e. The highest BCUT2D eigenvalue weighted by molar-refractivity contribution is 5.92. The van der Waals surface area contributed by atoms with E-state index in [9.17, 15) is 9.59 Å². The minimum absolute atomic E-state index is 0.265. The number of amides is 1. The summed E-state index contributed by atoms with van der Waals surface area (Å²) in [4.78, 5) is 25.9. The maximum atomic E-state index is 12.1. The molecular weight excluding hydrogens is 348 g/mol. The SMILES string of the molecule is CN(C)c1cccc(C(=O)OCC(=O)NCC2COc3ccccc3O2)c1. The molecule has 0 saturated heterocycles. The molecule has 1 heterocycles. The van der Waals surface area contributed by atoms with Crippen molar-refractivity contribution in [1.29, 1.82) is 0 Å². The van der Waals surface area contributed by atoms with Crippen molar-refractivity contribution in [2.24, 2.45) is 0 Å². The van der Waals surface area contributed by atoms with Gasteiger partial charge < -0.3 is 24.4 Å². The van der Waals surface area contributed by atoms with Gasteiger partial charge in [0, 0.05) is 19.8 Å². The molecule has 0 aliphatic carbocycles. The van der Waals surface area contributed by atoms with Crippen LogP contribution >= 0.6 is 0 Å². The van der Waals surface area contributed by atoms with Gasteiger partial charge >= 0.3 is 5.97 Å². The molecule has 142 valence electrons. The zero-order chi connectivity index (χ0) is 19.2. The van der Waals surface area contributed by atoms with Crippen molar-refractivity contribution >= 4 is 17.6 Å². The molecule has 1 atom stereocenters. The molecule has 1 aliphatic rings. The highest BCUT2D eigenvalue weighted by atomic mass is 16.6. The van der Waals surface area contributed by atoms with Crippen LogP contribution in [0.4, 0.5) is 5.69 Å². The Morgan fingerprint density at radius 1 is 1.15 bits per heavy atom. The Balaban J connectivity index is 1.44. The highest BCUT2D eigenvalue weighted by Gasteiger charge is 2.21. The number of esters is 1. The fourth-order valence-electron chi connectivity index (χ4n) is 2.57. The van der Waals surface area contributed by atoms with E-state index in [1.165, 1.54) is 0 Å². The van der Waals surface area contributed by atoms with Gasteiger partial charge in [-0.15, -0.1) is 0 Å². The number of carbonyl (C=O) groups is 2. The van der Waals surface area contributed by atoms with Crippen molar-refractivity contribution in [3.63, 3.8) is 0 Å². The van der Waals surface area contributed by atoms with E-state index < -0.39 is 11.9 Å². The molecule has 0 radical (unpaired) electrons. The van der Waals surface area contributed by atoms with Gasteiger partial charge in [0.1, 0.15) is 12.7 Å². The first-order chi connectivity index (χ1) is 13.0. The molecular formula is C20H22N2O5. The molecule has 2 aromatic carbocycles. The van der Waals surface area contributed by atoms with Crippen LogP contribution in [-0.4, -0.2) is 51.8 Å². The summed E-state index contributed by atoms with van der Waals surface area (Å²) < 4.78 is 16.4. The van der Waals surface area contributed by atoms with Gasteiger partial charge in [-0.25, -0.2) is 4.79 Å². The third-order valence-corrected chi connectivity index (χ3v) is 4.03. The lowest BCUT2D eigenvalue weighted by Crippen LogP contribution is -2.42. The predicted molar refractivity (Wildman–Crippen MR) is 100 cm³/mol. The van der Waals surface area contributed by atoms with Gasteiger partial charge in [-0.1, -0.05) is 18.2 Å². The summed E-state index contributed by atoms with van der Waals surface area (Å²) in [6.45, 7) is 0.254. The summed E-state index contributed by atoms with van der Waals surface area (Å²) in [6, 6.07) is 14.4. The zero-order valence-electron chi connectivity index (χ0n) is 15.3. The molecule has 0 spiro atoms. The van der Waals surface area contributed by atoms with Crippen molar-refractivity contribution in [2.45, 2.75) is 6.10 Å². The average Bonchev–Trinajstić information content (AvgIpc) is 2.70. The van der Waals surface area contributed by atoms with Gasteiger partial charge in [0.2, 0.25) is 0 Å². The monoisotopic (exact) mass is 370 g/mol. The Kier molecular flexibility index (Phi) is 5.80. The van der Waals surface area contributed by atoms with Crippen molar-refractivity contribution in [2.75, 3.05) is 38.8 Å². The lowest BCUT2D eigenvalue weighted by molar-refractivity contribution is -0.124. The summed E-state index contributed by atoms with van der Waals surface area (Å²) >= 11 is 0. The second kappa shape index (κ2) is 8.44. The summed E-state index contributed by atoms with van der Waals surface area (Å²) in [6.07, 6.45) is -0.295. The van der Waals surface area contributed by atoms with Crippen molar-refractivity contribution < 1.29 is 23.8 Å². The fraction of sp³-hybridized carbons (Fsp3) is 0.300. The Labute approximate surface area is 157 Å². The molecule has 2 aromatic rings. The van der Waals surface area contributed by atoms with E-state index in [0.717, 1.165) is 5.69 Å². The number of hydrogen-bond donors (Lipinski definition) is 1. The molecule has 1 unspecified atom stereocenters. The van der Waals surface area contributed by atoms with Crippen LogP contribution in [0.3, 0.4) is 0 Å². The maximum absolute atomic E-state index is 12.1. The van der Waals surface area contributed by atoms with E-state index in [1.807, 2.05) is 49.3 Å². The van der Waals surface area contributed by atoms with Gasteiger partial charge in [0.25, 0.3) is 5.91 Å². The highest BCUT2D eigenvalue weighted by Crippen LogP contribution is 2.30. The van der Waals surface area contributed by atoms with Crippen LogP contribution in [0, 0.1) is 0 Å². The predicted octanol–water partition coefficient (Wildman–Crippen LogP) is 1.87. The molecule has 0 bridgehead atoms. The molecule has 7 nitrogen and oxygen atoms in total. The summed E-state index contributed by atoms with van der Waals surface area (Å²) in [7, 11) is 3.76. The van der Waals surface area contributed by atoms with Crippen LogP contribution in [0.15, 0.2) is 48.5 Å².